The molecule has 0 spiro atoms. The Kier molecular flexibility index (Phi) is 5.53. The zero-order valence-electron chi connectivity index (χ0n) is 12.9. The van der Waals surface area contributed by atoms with Crippen LogP contribution in [0, 0.1) is 5.41 Å². The summed E-state index contributed by atoms with van der Waals surface area (Å²) in [5.74, 6) is -1.53. The molecule has 0 saturated carbocycles. The highest BCUT2D eigenvalue weighted by atomic mass is 32.2. The van der Waals surface area contributed by atoms with Crippen LogP contribution in [0.2, 0.25) is 0 Å². The van der Waals surface area contributed by atoms with Gasteiger partial charge in [-0.05, 0) is 33.3 Å². The summed E-state index contributed by atoms with van der Waals surface area (Å²) in [6.07, 6.45) is 0. The Morgan fingerprint density at radius 3 is 2.19 bits per heavy atom. The number of hydrogen-bond donors (Lipinski definition) is 1. The molecule has 0 radical (unpaired) electrons. The predicted molar refractivity (Wildman–Crippen MR) is 82.3 cm³/mol. The first-order valence-electron chi connectivity index (χ1n) is 6.83. The fraction of sp³-hybridized carbons (Fsp3) is 0.533. The van der Waals surface area contributed by atoms with Gasteiger partial charge in [0.25, 0.3) is 0 Å². The molecule has 21 heavy (non-hydrogen) atoms. The molecule has 1 aromatic rings. The van der Waals surface area contributed by atoms with E-state index in [0.29, 0.717) is 0 Å². The van der Waals surface area contributed by atoms with Gasteiger partial charge in [0.2, 0.25) is 10.0 Å². The number of carboxylic acids is 1. The monoisotopic (exact) mass is 313 g/mol. The number of hydrogen-bond acceptors (Lipinski definition) is 3. The lowest BCUT2D eigenvalue weighted by molar-refractivity contribution is -0.145. The van der Waals surface area contributed by atoms with Gasteiger partial charge in [-0.1, -0.05) is 30.3 Å². The number of sulfonamides is 1. The Hall–Kier alpha value is -1.40. The lowest BCUT2D eigenvalue weighted by Gasteiger charge is -2.29. The van der Waals surface area contributed by atoms with Crippen LogP contribution in [0.3, 0.4) is 0 Å². The van der Waals surface area contributed by atoms with Crippen molar-refractivity contribution in [2.45, 2.75) is 40.3 Å². The second kappa shape index (κ2) is 6.58. The lowest BCUT2D eigenvalue weighted by Crippen LogP contribution is -2.43. The maximum atomic E-state index is 12.6. The molecule has 0 amide bonds. The molecule has 0 fully saturated rings. The van der Waals surface area contributed by atoms with E-state index in [2.05, 4.69) is 0 Å². The van der Waals surface area contributed by atoms with Crippen molar-refractivity contribution in [2.24, 2.45) is 5.41 Å². The summed E-state index contributed by atoms with van der Waals surface area (Å²) < 4.78 is 26.5. The van der Waals surface area contributed by atoms with E-state index in [1.54, 1.807) is 13.8 Å². The molecular weight excluding hydrogens is 290 g/mol. The van der Waals surface area contributed by atoms with Crippen molar-refractivity contribution in [1.29, 1.82) is 0 Å². The van der Waals surface area contributed by atoms with Crippen LogP contribution in [0.15, 0.2) is 30.3 Å². The molecule has 1 aromatic carbocycles. The van der Waals surface area contributed by atoms with Crippen molar-refractivity contribution < 1.29 is 18.3 Å². The molecule has 0 heterocycles. The van der Waals surface area contributed by atoms with Crippen LogP contribution in [0.4, 0.5) is 0 Å². The average Bonchev–Trinajstić information content (AvgIpc) is 2.35. The van der Waals surface area contributed by atoms with E-state index in [1.165, 1.54) is 18.2 Å². The molecule has 0 aromatic heterocycles. The van der Waals surface area contributed by atoms with Crippen molar-refractivity contribution in [3.63, 3.8) is 0 Å². The van der Waals surface area contributed by atoms with Crippen LogP contribution in [0.25, 0.3) is 0 Å². The summed E-state index contributed by atoms with van der Waals surface area (Å²) in [7, 11) is -3.67. The molecule has 5 nitrogen and oxygen atoms in total. The summed E-state index contributed by atoms with van der Waals surface area (Å²) in [5, 5.41) is 9.13. The highest BCUT2D eigenvalue weighted by Gasteiger charge is 2.37. The van der Waals surface area contributed by atoms with Crippen molar-refractivity contribution in [3.8, 4) is 0 Å². The summed E-state index contributed by atoms with van der Waals surface area (Å²) in [4.78, 5) is 11.2. The van der Waals surface area contributed by atoms with E-state index in [1.807, 2.05) is 30.3 Å². The summed E-state index contributed by atoms with van der Waals surface area (Å²) in [6, 6.07) is 9.04. The largest absolute Gasteiger partial charge is 0.481 e. The van der Waals surface area contributed by atoms with Gasteiger partial charge >= 0.3 is 5.97 Å². The van der Waals surface area contributed by atoms with Crippen molar-refractivity contribution in [3.05, 3.63) is 35.9 Å². The second-order valence-corrected chi connectivity index (χ2v) is 7.99. The topological polar surface area (TPSA) is 74.7 Å². The summed E-state index contributed by atoms with van der Waals surface area (Å²) >= 11 is 0. The summed E-state index contributed by atoms with van der Waals surface area (Å²) in [6.45, 7) is 6.67. The predicted octanol–water partition coefficient (Wildman–Crippen LogP) is 2.34. The minimum absolute atomic E-state index is 0.236. The first-order valence-corrected chi connectivity index (χ1v) is 8.44. The van der Waals surface area contributed by atoms with Gasteiger partial charge in [-0.3, -0.25) is 4.79 Å². The Morgan fingerprint density at radius 1 is 1.24 bits per heavy atom. The molecule has 1 N–H and O–H groups in total. The molecule has 0 saturated heterocycles. The van der Waals surface area contributed by atoms with E-state index >= 15 is 0 Å². The molecule has 0 atom stereocenters. The Bertz CT molecular complexity index is 579. The Morgan fingerprint density at radius 2 is 1.76 bits per heavy atom. The molecule has 0 aliphatic heterocycles. The fourth-order valence-corrected chi connectivity index (χ4v) is 4.16. The van der Waals surface area contributed by atoms with E-state index in [9.17, 15) is 13.2 Å². The zero-order valence-corrected chi connectivity index (χ0v) is 13.7. The smallest absolute Gasteiger partial charge is 0.310 e. The van der Waals surface area contributed by atoms with Crippen LogP contribution in [0.5, 0.6) is 0 Å². The third-order valence-electron chi connectivity index (χ3n) is 3.24. The third-order valence-corrected chi connectivity index (χ3v) is 5.59. The Labute approximate surface area is 126 Å². The number of carbonyl (C=O) groups is 1. The lowest BCUT2D eigenvalue weighted by atomic mass is 9.97. The van der Waals surface area contributed by atoms with E-state index in [-0.39, 0.29) is 12.6 Å². The number of nitrogens with zero attached hydrogens (tertiary/aromatic N) is 1. The first-order chi connectivity index (χ1) is 9.56. The van der Waals surface area contributed by atoms with Gasteiger partial charge < -0.3 is 5.11 Å². The van der Waals surface area contributed by atoms with Crippen LogP contribution >= 0.6 is 0 Å². The molecule has 0 bridgehead atoms. The van der Waals surface area contributed by atoms with Crippen molar-refractivity contribution in [1.82, 2.24) is 4.31 Å². The van der Waals surface area contributed by atoms with E-state index in [0.717, 1.165) is 5.56 Å². The normalized spacial score (nSPS) is 12.9. The van der Waals surface area contributed by atoms with E-state index < -0.39 is 27.2 Å². The van der Waals surface area contributed by atoms with Gasteiger partial charge in [-0.2, -0.15) is 4.31 Å². The highest BCUT2D eigenvalue weighted by molar-refractivity contribution is 7.89. The van der Waals surface area contributed by atoms with Gasteiger partial charge in [-0.25, -0.2) is 8.42 Å². The van der Waals surface area contributed by atoms with E-state index in [4.69, 9.17) is 5.11 Å². The second-order valence-electron chi connectivity index (χ2n) is 6.07. The summed E-state index contributed by atoms with van der Waals surface area (Å²) in [5.41, 5.74) is -0.439. The Balaban J connectivity index is 3.02. The first kappa shape index (κ1) is 17.7. The molecule has 1 rings (SSSR count). The number of rotatable bonds is 7. The molecule has 0 unspecified atom stereocenters. The molecule has 0 aliphatic rings. The number of benzene rings is 1. The number of aliphatic carboxylic acids is 1. The van der Waals surface area contributed by atoms with Gasteiger partial charge in [0, 0.05) is 12.6 Å². The van der Waals surface area contributed by atoms with Crippen LogP contribution in [0.1, 0.15) is 33.3 Å². The van der Waals surface area contributed by atoms with Crippen molar-refractivity contribution >= 4 is 16.0 Å². The van der Waals surface area contributed by atoms with Crippen LogP contribution in [-0.2, 0) is 21.4 Å². The SMILES string of the molecule is CC(C)N(Cc1ccccc1)S(=O)(=O)CC(C)(C)C(=O)O. The average molecular weight is 313 g/mol. The maximum Gasteiger partial charge on any atom is 0.310 e. The number of carboxylic acid groups (broad SMARTS) is 1. The van der Waals surface area contributed by atoms with Crippen molar-refractivity contribution in [2.75, 3.05) is 5.75 Å². The highest BCUT2D eigenvalue weighted by Crippen LogP contribution is 2.23. The maximum absolute atomic E-state index is 12.6. The van der Waals surface area contributed by atoms with Gasteiger partial charge in [-0.15, -0.1) is 0 Å². The molecule has 6 heteroatoms. The van der Waals surface area contributed by atoms with Gasteiger partial charge in [0.1, 0.15) is 0 Å². The molecule has 118 valence electrons. The molecule has 0 aliphatic carbocycles. The fourth-order valence-electron chi connectivity index (χ4n) is 1.97. The minimum atomic E-state index is -3.67. The standard InChI is InChI=1S/C15H23NO4S/c1-12(2)16(10-13-8-6-5-7-9-13)21(19,20)11-15(3,4)14(17)18/h5-9,12H,10-11H2,1-4H3,(H,17,18). The molecular formula is C15H23NO4S. The zero-order chi connectivity index (χ0) is 16.3. The van der Waals surface area contributed by atoms with Gasteiger partial charge in [0.15, 0.2) is 0 Å². The van der Waals surface area contributed by atoms with Crippen LogP contribution in [-0.4, -0.2) is 35.6 Å². The quantitative estimate of drug-likeness (QED) is 0.838. The minimum Gasteiger partial charge on any atom is -0.481 e. The third kappa shape index (κ3) is 4.82. The van der Waals surface area contributed by atoms with Crippen LogP contribution < -0.4 is 0 Å². The van der Waals surface area contributed by atoms with Gasteiger partial charge in [0.05, 0.1) is 11.2 Å².